The van der Waals surface area contributed by atoms with Crippen LogP contribution in [-0.2, 0) is 32.7 Å². The van der Waals surface area contributed by atoms with E-state index in [2.05, 4.69) is 10.3 Å². The molecule has 1 aliphatic carbocycles. The highest BCUT2D eigenvalue weighted by Gasteiger charge is 2.32. The molecule has 4 rings (SSSR count). The zero-order valence-corrected chi connectivity index (χ0v) is 23.5. The van der Waals surface area contributed by atoms with Gasteiger partial charge in [-0.3, -0.25) is 19.4 Å². The summed E-state index contributed by atoms with van der Waals surface area (Å²) >= 11 is 1.56. The van der Waals surface area contributed by atoms with Crippen molar-refractivity contribution in [2.45, 2.75) is 43.7 Å². The van der Waals surface area contributed by atoms with Gasteiger partial charge in [0.05, 0.1) is 23.9 Å². The second kappa shape index (κ2) is 13.0. The minimum Gasteiger partial charge on any atom is -0.731 e. The minimum atomic E-state index is -4.64. The molecule has 1 saturated carbocycles. The fourth-order valence-corrected chi connectivity index (χ4v) is 5.45. The molecule has 12 nitrogen and oxygen atoms in total. The Kier molecular flexibility index (Phi) is 9.97. The van der Waals surface area contributed by atoms with E-state index in [-0.39, 0.29) is 24.2 Å². The summed E-state index contributed by atoms with van der Waals surface area (Å²) in [4.78, 5) is 36.0. The van der Waals surface area contributed by atoms with Crippen LogP contribution >= 0.6 is 11.3 Å². The molecule has 0 unspecified atom stereocenters. The number of pyridine rings is 1. The van der Waals surface area contributed by atoms with Crippen molar-refractivity contribution in [1.29, 1.82) is 0 Å². The third-order valence-electron chi connectivity index (χ3n) is 6.19. The molecule has 1 aromatic carbocycles. The van der Waals surface area contributed by atoms with E-state index < -0.39 is 28.5 Å². The summed E-state index contributed by atoms with van der Waals surface area (Å²) in [7, 11) is -1.87. The number of aromatic nitrogens is 2. The lowest BCUT2D eigenvalue weighted by Crippen LogP contribution is -2.50. The van der Waals surface area contributed by atoms with E-state index in [1.165, 1.54) is 31.2 Å². The number of carbonyl (C=O) groups is 2. The van der Waals surface area contributed by atoms with Gasteiger partial charge in [0.15, 0.2) is 10.3 Å². The Hall–Kier alpha value is -3.59. The molecule has 0 aliphatic heterocycles. The lowest BCUT2D eigenvalue weighted by atomic mass is 10.0. The molecule has 0 bridgehead atoms. The van der Waals surface area contributed by atoms with Crippen LogP contribution in [0.25, 0.3) is 0 Å². The van der Waals surface area contributed by atoms with Crippen LogP contribution in [0.4, 0.5) is 10.5 Å². The number of hydrogen-bond donors (Lipinski definition) is 3. The van der Waals surface area contributed by atoms with Crippen molar-refractivity contribution < 1.29 is 27.3 Å². The number of benzene rings is 1. The second-order valence-electron chi connectivity index (χ2n) is 9.06. The predicted octanol–water partition coefficient (Wildman–Crippen LogP) is 3.37. The summed E-state index contributed by atoms with van der Waals surface area (Å²) in [5, 5.41) is 6.02. The van der Waals surface area contributed by atoms with Crippen molar-refractivity contribution in [2.75, 3.05) is 18.9 Å². The van der Waals surface area contributed by atoms with Gasteiger partial charge < -0.3 is 20.8 Å². The molecule has 2 heterocycles. The number of carbonyl (C=O) groups excluding carboxylic acids is 2. The number of likely N-dealkylation sites (N-methyl/N-ethyl adjacent to an activating group) is 1. The van der Waals surface area contributed by atoms with Gasteiger partial charge >= 0.3 is 6.09 Å². The average Bonchev–Trinajstić information content (AvgIpc) is 3.63. The normalized spacial score (nSPS) is 14.4. The zero-order valence-electron chi connectivity index (χ0n) is 21.9. The summed E-state index contributed by atoms with van der Waals surface area (Å²) in [5.74, 6) is 0.0748. The highest BCUT2D eigenvalue weighted by Crippen LogP contribution is 2.42. The number of ether oxygens (including phenoxy) is 1. The fraction of sp³-hybridized carbons (Fsp3) is 0.360. The van der Waals surface area contributed by atoms with E-state index >= 15 is 0 Å². The summed E-state index contributed by atoms with van der Waals surface area (Å²) < 4.78 is 39.7. The number of nitrogens with one attached hydrogen (secondary N) is 2. The lowest BCUT2D eigenvalue weighted by Gasteiger charge is -2.28. The molecule has 0 radical (unpaired) electrons. The summed E-state index contributed by atoms with van der Waals surface area (Å²) in [6, 6.07) is 8.51. The molecule has 0 spiro atoms. The van der Waals surface area contributed by atoms with Crippen molar-refractivity contribution in [3.8, 4) is 0 Å². The first-order chi connectivity index (χ1) is 18.1. The van der Waals surface area contributed by atoms with E-state index in [9.17, 15) is 22.6 Å². The van der Waals surface area contributed by atoms with E-state index in [1.807, 2.05) is 10.1 Å². The van der Waals surface area contributed by atoms with Gasteiger partial charge in [-0.05, 0) is 54.7 Å². The zero-order chi connectivity index (χ0) is 27.3. The van der Waals surface area contributed by atoms with Gasteiger partial charge in [0, 0.05) is 42.8 Å². The maximum absolute atomic E-state index is 13.6. The van der Waals surface area contributed by atoms with E-state index in [4.69, 9.17) is 9.72 Å². The van der Waals surface area contributed by atoms with Crippen LogP contribution in [-0.4, -0.2) is 60.0 Å². The largest absolute Gasteiger partial charge is 0.731 e. The number of hydrogen-bond acceptors (Lipinski definition) is 9. The second-order valence-corrected chi connectivity index (χ2v) is 11.1. The number of quaternary nitrogens is 1. The molecule has 14 heteroatoms. The molecule has 1 fully saturated rings. The average molecular weight is 577 g/mol. The SMILES string of the molecule is COC(=O)N(C)[C@@H](Cc1ccncc1)C(=O)N[C@@H](Cc1ccc(NS(=O)(=O)[O-])cc1)c1csc(C2CC2)n1.[NH4+]. The number of amides is 2. The Labute approximate surface area is 231 Å². The molecule has 1 aliphatic rings. The quantitative estimate of drug-likeness (QED) is 0.289. The number of nitrogens with zero attached hydrogens (tertiary/aromatic N) is 3. The molecular formula is C25H32N6O6S2. The van der Waals surface area contributed by atoms with Crippen molar-refractivity contribution in [3.05, 3.63) is 76.0 Å². The Morgan fingerprint density at radius 1 is 1.13 bits per heavy atom. The fourth-order valence-electron chi connectivity index (χ4n) is 3.98. The first-order valence-corrected chi connectivity index (χ1v) is 14.2. The Bertz CT molecular complexity index is 1360. The maximum atomic E-state index is 13.6. The molecule has 2 amide bonds. The molecule has 0 saturated heterocycles. The van der Waals surface area contributed by atoms with Crippen LogP contribution in [0.5, 0.6) is 0 Å². The summed E-state index contributed by atoms with van der Waals surface area (Å²) in [6.07, 6.45) is 5.40. The number of methoxy groups -OCH3 is 1. The molecule has 2 atom stereocenters. The topological polar surface area (TPSA) is 190 Å². The van der Waals surface area contributed by atoms with Gasteiger partial charge in [0.25, 0.3) is 0 Å². The van der Waals surface area contributed by atoms with Crippen molar-refractivity contribution in [2.24, 2.45) is 0 Å². The van der Waals surface area contributed by atoms with E-state index in [0.29, 0.717) is 18.0 Å². The standard InChI is InChI=1S/C25H29N5O6S2.H3N/c1-30(25(32)36-2)22(14-17-9-11-26-12-10-17)23(31)27-20(21-15-37-24(28-21)18-5-6-18)13-16-3-7-19(8-4-16)29-38(33,34)35;/h3-4,7-12,15,18,20,22,29H,5-6,13-14H2,1-2H3,(H,27,31)(H,33,34,35);1H3/t20-,22-;/m0./s1. The Balaban J connectivity index is 0.00000420. The first-order valence-electron chi connectivity index (χ1n) is 11.9. The van der Waals surface area contributed by atoms with Gasteiger partial charge in [0.1, 0.15) is 6.04 Å². The molecule has 2 aromatic heterocycles. The van der Waals surface area contributed by atoms with Crippen LogP contribution in [0.15, 0.2) is 54.2 Å². The Morgan fingerprint density at radius 3 is 2.36 bits per heavy atom. The minimum absolute atomic E-state index is 0. The smallest absolute Gasteiger partial charge is 0.409 e. The van der Waals surface area contributed by atoms with Gasteiger partial charge in [-0.1, -0.05) is 12.1 Å². The number of thiazole rings is 1. The Morgan fingerprint density at radius 2 is 1.77 bits per heavy atom. The number of rotatable bonds is 11. The summed E-state index contributed by atoms with van der Waals surface area (Å²) in [5.41, 5.74) is 2.47. The van der Waals surface area contributed by atoms with Crippen molar-refractivity contribution in [3.63, 3.8) is 0 Å². The van der Waals surface area contributed by atoms with Crippen molar-refractivity contribution >= 4 is 39.3 Å². The molecule has 3 aromatic rings. The molecule has 39 heavy (non-hydrogen) atoms. The van der Waals surface area contributed by atoms with E-state index in [0.717, 1.165) is 29.0 Å². The molecule has 6 N–H and O–H groups in total. The van der Waals surface area contributed by atoms with Gasteiger partial charge in [-0.15, -0.1) is 11.3 Å². The van der Waals surface area contributed by atoms with Crippen LogP contribution in [0, 0.1) is 0 Å². The van der Waals surface area contributed by atoms with Crippen molar-refractivity contribution in [1.82, 2.24) is 26.3 Å². The maximum Gasteiger partial charge on any atom is 0.409 e. The van der Waals surface area contributed by atoms with Gasteiger partial charge in [-0.25, -0.2) is 18.2 Å². The third-order valence-corrected chi connectivity index (χ3v) is 7.70. The monoisotopic (exact) mass is 576 g/mol. The number of anilines is 1. The summed E-state index contributed by atoms with van der Waals surface area (Å²) in [6.45, 7) is 0. The predicted molar refractivity (Wildman–Crippen MR) is 146 cm³/mol. The van der Waals surface area contributed by atoms with Gasteiger partial charge in [0.2, 0.25) is 5.91 Å². The van der Waals surface area contributed by atoms with Gasteiger partial charge in [-0.2, -0.15) is 0 Å². The highest BCUT2D eigenvalue weighted by atomic mass is 32.2. The third kappa shape index (κ3) is 8.45. The molecule has 210 valence electrons. The van der Waals surface area contributed by atoms with Crippen LogP contribution < -0.4 is 16.2 Å². The van der Waals surface area contributed by atoms with Crippen LogP contribution in [0.1, 0.15) is 46.6 Å². The van der Waals surface area contributed by atoms with Crippen LogP contribution in [0.3, 0.4) is 0 Å². The highest BCUT2D eigenvalue weighted by molar-refractivity contribution is 7.87. The van der Waals surface area contributed by atoms with Crippen LogP contribution in [0.2, 0.25) is 0 Å². The van der Waals surface area contributed by atoms with E-state index in [1.54, 1.807) is 48.0 Å². The lowest BCUT2D eigenvalue weighted by molar-refractivity contribution is -0.126. The molecular weight excluding hydrogens is 544 g/mol. The first kappa shape index (κ1) is 30.0.